The van der Waals surface area contributed by atoms with Crippen LogP contribution in [0.4, 0.5) is 19.3 Å². The Morgan fingerprint density at radius 3 is 2.40 bits per heavy atom. The normalized spacial score (nSPS) is 12.1. The van der Waals surface area contributed by atoms with E-state index in [9.17, 15) is 13.6 Å². The third kappa shape index (κ3) is 5.26. The predicted octanol–water partition coefficient (Wildman–Crippen LogP) is 4.09. The number of anilines is 1. The highest BCUT2D eigenvalue weighted by Gasteiger charge is 2.12. The zero-order chi connectivity index (χ0) is 18.4. The lowest BCUT2D eigenvalue weighted by molar-refractivity contribution is 0.249. The molecule has 0 aliphatic rings. The van der Waals surface area contributed by atoms with E-state index in [1.807, 2.05) is 14.1 Å². The molecule has 0 fully saturated rings. The number of hydrogen-bond acceptors (Lipinski definition) is 2. The van der Waals surface area contributed by atoms with E-state index in [1.54, 1.807) is 24.3 Å². The van der Waals surface area contributed by atoms with Crippen LogP contribution in [0.1, 0.15) is 13.3 Å². The second-order valence-electron chi connectivity index (χ2n) is 6.16. The van der Waals surface area contributed by atoms with Gasteiger partial charge in [-0.05, 0) is 57.3 Å². The van der Waals surface area contributed by atoms with Crippen LogP contribution in [0.25, 0.3) is 11.1 Å². The number of halogens is 2. The van der Waals surface area contributed by atoms with Crippen LogP contribution >= 0.6 is 0 Å². The van der Waals surface area contributed by atoms with Crippen molar-refractivity contribution < 1.29 is 13.6 Å². The Labute approximate surface area is 146 Å². The maximum atomic E-state index is 13.9. The van der Waals surface area contributed by atoms with E-state index in [0.29, 0.717) is 23.8 Å². The molecule has 0 aromatic heterocycles. The number of carbonyl (C=O) groups is 1. The Hall–Kier alpha value is -2.47. The van der Waals surface area contributed by atoms with Gasteiger partial charge in [0.15, 0.2) is 0 Å². The zero-order valence-corrected chi connectivity index (χ0v) is 14.6. The van der Waals surface area contributed by atoms with Gasteiger partial charge in [-0.25, -0.2) is 13.6 Å². The molecule has 2 aromatic rings. The van der Waals surface area contributed by atoms with Gasteiger partial charge in [0.25, 0.3) is 0 Å². The maximum Gasteiger partial charge on any atom is 0.319 e. The molecule has 0 spiro atoms. The van der Waals surface area contributed by atoms with Gasteiger partial charge < -0.3 is 15.5 Å². The van der Waals surface area contributed by atoms with Gasteiger partial charge in [-0.1, -0.05) is 18.2 Å². The van der Waals surface area contributed by atoms with Crippen LogP contribution in [0.3, 0.4) is 0 Å². The molecule has 4 nitrogen and oxygen atoms in total. The summed E-state index contributed by atoms with van der Waals surface area (Å²) in [5.74, 6) is -1.28. The standard InChI is InChI=1S/C19H23F2N3O/c1-13(24(2)3)10-11-22-19(25)23-15-7-4-6-14(12-15)18-16(20)8-5-9-17(18)21/h4-9,12-13H,10-11H2,1-3H3,(H2,22,23,25). The minimum Gasteiger partial charge on any atom is -0.338 e. The number of nitrogens with one attached hydrogen (secondary N) is 2. The van der Waals surface area contributed by atoms with Gasteiger partial charge >= 0.3 is 6.03 Å². The molecule has 25 heavy (non-hydrogen) atoms. The van der Waals surface area contributed by atoms with E-state index in [1.165, 1.54) is 18.2 Å². The predicted molar refractivity (Wildman–Crippen MR) is 96.6 cm³/mol. The molecular formula is C19H23F2N3O. The first kappa shape index (κ1) is 18.9. The number of benzene rings is 2. The topological polar surface area (TPSA) is 44.4 Å². The second-order valence-corrected chi connectivity index (χ2v) is 6.16. The van der Waals surface area contributed by atoms with Crippen LogP contribution in [-0.2, 0) is 0 Å². The fourth-order valence-corrected chi connectivity index (χ4v) is 2.35. The molecule has 6 heteroatoms. The largest absolute Gasteiger partial charge is 0.338 e. The van der Waals surface area contributed by atoms with Crippen molar-refractivity contribution in [3.8, 4) is 11.1 Å². The molecule has 0 bridgehead atoms. The van der Waals surface area contributed by atoms with Crippen LogP contribution in [0, 0.1) is 11.6 Å². The number of urea groups is 1. The smallest absolute Gasteiger partial charge is 0.319 e. The third-order valence-electron chi connectivity index (χ3n) is 4.10. The second kappa shape index (κ2) is 8.58. The molecule has 0 saturated heterocycles. The number of amides is 2. The van der Waals surface area contributed by atoms with Crippen molar-refractivity contribution in [2.75, 3.05) is 26.0 Å². The lowest BCUT2D eigenvalue weighted by Gasteiger charge is -2.19. The average molecular weight is 347 g/mol. The van der Waals surface area contributed by atoms with Crippen molar-refractivity contribution in [1.29, 1.82) is 0 Å². The minimum atomic E-state index is -0.640. The van der Waals surface area contributed by atoms with E-state index in [4.69, 9.17) is 0 Å². The number of hydrogen-bond donors (Lipinski definition) is 2. The molecule has 2 N–H and O–H groups in total. The first-order valence-electron chi connectivity index (χ1n) is 8.14. The van der Waals surface area contributed by atoms with Crippen LogP contribution in [-0.4, -0.2) is 37.6 Å². The van der Waals surface area contributed by atoms with Crippen molar-refractivity contribution in [3.63, 3.8) is 0 Å². The van der Waals surface area contributed by atoms with E-state index in [0.717, 1.165) is 6.42 Å². The van der Waals surface area contributed by atoms with Gasteiger partial charge in [0.05, 0.1) is 5.56 Å². The van der Waals surface area contributed by atoms with Crippen molar-refractivity contribution in [3.05, 3.63) is 54.1 Å². The molecule has 0 aliphatic carbocycles. The summed E-state index contributed by atoms with van der Waals surface area (Å²) in [6, 6.07) is 10.2. The Morgan fingerprint density at radius 1 is 1.12 bits per heavy atom. The molecule has 2 aromatic carbocycles. The zero-order valence-electron chi connectivity index (χ0n) is 14.6. The van der Waals surface area contributed by atoms with Gasteiger partial charge in [-0.3, -0.25) is 0 Å². The SMILES string of the molecule is CC(CCNC(=O)Nc1cccc(-c2c(F)cccc2F)c1)N(C)C. The highest BCUT2D eigenvalue weighted by atomic mass is 19.1. The monoisotopic (exact) mass is 347 g/mol. The van der Waals surface area contributed by atoms with Crippen LogP contribution < -0.4 is 10.6 Å². The van der Waals surface area contributed by atoms with Crippen molar-refractivity contribution >= 4 is 11.7 Å². The Kier molecular flexibility index (Phi) is 6.47. The van der Waals surface area contributed by atoms with Crippen LogP contribution in [0.5, 0.6) is 0 Å². The maximum absolute atomic E-state index is 13.9. The van der Waals surface area contributed by atoms with Gasteiger partial charge in [0.1, 0.15) is 11.6 Å². The van der Waals surface area contributed by atoms with Crippen molar-refractivity contribution in [2.24, 2.45) is 0 Å². The van der Waals surface area contributed by atoms with Crippen LogP contribution in [0.2, 0.25) is 0 Å². The Balaban J connectivity index is 2.01. The van der Waals surface area contributed by atoms with E-state index < -0.39 is 11.6 Å². The summed E-state index contributed by atoms with van der Waals surface area (Å²) < 4.78 is 27.8. The summed E-state index contributed by atoms with van der Waals surface area (Å²) in [6.07, 6.45) is 0.820. The van der Waals surface area contributed by atoms with E-state index in [-0.39, 0.29) is 11.6 Å². The molecule has 134 valence electrons. The molecule has 0 aliphatic heterocycles. The summed E-state index contributed by atoms with van der Waals surface area (Å²) in [7, 11) is 3.97. The van der Waals surface area contributed by atoms with Gasteiger partial charge in [0, 0.05) is 18.3 Å². The van der Waals surface area contributed by atoms with Gasteiger partial charge in [0.2, 0.25) is 0 Å². The summed E-state index contributed by atoms with van der Waals surface area (Å²) in [4.78, 5) is 14.0. The Bertz CT molecular complexity index is 714. The van der Waals surface area contributed by atoms with E-state index >= 15 is 0 Å². The summed E-state index contributed by atoms with van der Waals surface area (Å²) in [5, 5.41) is 5.46. The van der Waals surface area contributed by atoms with Gasteiger partial charge in [-0.2, -0.15) is 0 Å². The van der Waals surface area contributed by atoms with Gasteiger partial charge in [-0.15, -0.1) is 0 Å². The fraction of sp³-hybridized carbons (Fsp3) is 0.316. The molecule has 2 amide bonds. The third-order valence-corrected chi connectivity index (χ3v) is 4.10. The Morgan fingerprint density at radius 2 is 1.76 bits per heavy atom. The quantitative estimate of drug-likeness (QED) is 0.826. The summed E-state index contributed by atoms with van der Waals surface area (Å²) >= 11 is 0. The fourth-order valence-electron chi connectivity index (χ4n) is 2.35. The highest BCUT2D eigenvalue weighted by molar-refractivity contribution is 5.90. The molecule has 0 saturated carbocycles. The number of rotatable bonds is 6. The minimum absolute atomic E-state index is 0.105. The molecular weight excluding hydrogens is 324 g/mol. The number of nitrogens with zero attached hydrogens (tertiary/aromatic N) is 1. The first-order valence-corrected chi connectivity index (χ1v) is 8.14. The van der Waals surface area contributed by atoms with Crippen molar-refractivity contribution in [1.82, 2.24) is 10.2 Å². The number of carbonyl (C=O) groups excluding carboxylic acids is 1. The summed E-state index contributed by atoms with van der Waals surface area (Å²) in [5.41, 5.74) is 0.735. The first-order chi connectivity index (χ1) is 11.9. The average Bonchev–Trinajstić information content (AvgIpc) is 2.54. The van der Waals surface area contributed by atoms with Crippen LogP contribution in [0.15, 0.2) is 42.5 Å². The highest BCUT2D eigenvalue weighted by Crippen LogP contribution is 2.27. The molecule has 1 unspecified atom stereocenters. The lowest BCUT2D eigenvalue weighted by atomic mass is 10.0. The van der Waals surface area contributed by atoms with E-state index in [2.05, 4.69) is 22.5 Å². The lowest BCUT2D eigenvalue weighted by Crippen LogP contribution is -2.34. The molecule has 1 atom stereocenters. The molecule has 0 heterocycles. The molecule has 2 rings (SSSR count). The summed E-state index contributed by atoms with van der Waals surface area (Å²) in [6.45, 7) is 2.61. The van der Waals surface area contributed by atoms with Crippen molar-refractivity contribution in [2.45, 2.75) is 19.4 Å². The molecule has 0 radical (unpaired) electrons.